The molecular formula is C18H15FN2O4. The van der Waals surface area contributed by atoms with Crippen LogP contribution in [0.5, 0.6) is 0 Å². The highest BCUT2D eigenvalue weighted by atomic mass is 19.1. The molecular weight excluding hydrogens is 327 g/mol. The molecule has 25 heavy (non-hydrogen) atoms. The van der Waals surface area contributed by atoms with E-state index in [0.717, 1.165) is 28.6 Å². The molecule has 1 heterocycles. The monoisotopic (exact) mass is 342 g/mol. The van der Waals surface area contributed by atoms with E-state index in [1.54, 1.807) is 6.07 Å². The van der Waals surface area contributed by atoms with Crippen LogP contribution in [0.15, 0.2) is 45.6 Å². The zero-order chi connectivity index (χ0) is 18.1. The van der Waals surface area contributed by atoms with Crippen molar-refractivity contribution in [2.75, 3.05) is 5.32 Å². The number of halogens is 1. The van der Waals surface area contributed by atoms with Crippen molar-refractivity contribution in [3.05, 3.63) is 79.4 Å². The summed E-state index contributed by atoms with van der Waals surface area (Å²) >= 11 is 0. The summed E-state index contributed by atoms with van der Waals surface area (Å²) in [5.41, 5.74) is 2.55. The van der Waals surface area contributed by atoms with Crippen molar-refractivity contribution in [1.29, 1.82) is 0 Å². The molecule has 7 heteroatoms. The van der Waals surface area contributed by atoms with Gasteiger partial charge in [0.25, 0.3) is 0 Å². The standard InChI is InChI=1S/C18H15FN2O4/c1-10-5-14-12(7-18(22)25-17(14)6-11(10)2)9-20-13-3-4-15(19)16(8-13)21(23)24/h3-8,20H,9H2,1-2H3. The van der Waals surface area contributed by atoms with Gasteiger partial charge in [0.15, 0.2) is 0 Å². The molecule has 3 aromatic rings. The van der Waals surface area contributed by atoms with Crippen molar-refractivity contribution in [3.8, 4) is 0 Å². The molecule has 2 aromatic carbocycles. The maximum absolute atomic E-state index is 13.4. The van der Waals surface area contributed by atoms with Crippen LogP contribution >= 0.6 is 0 Å². The highest BCUT2D eigenvalue weighted by Gasteiger charge is 2.14. The van der Waals surface area contributed by atoms with Gasteiger partial charge in [0, 0.05) is 29.8 Å². The van der Waals surface area contributed by atoms with Crippen LogP contribution in [0.2, 0.25) is 0 Å². The van der Waals surface area contributed by atoms with E-state index in [9.17, 15) is 19.3 Å². The van der Waals surface area contributed by atoms with E-state index in [0.29, 0.717) is 16.8 Å². The molecule has 0 fully saturated rings. The summed E-state index contributed by atoms with van der Waals surface area (Å²) in [6, 6.07) is 8.67. The second kappa shape index (κ2) is 6.35. The predicted octanol–water partition coefficient (Wildman–Crippen LogP) is 4.07. The Labute approximate surface area is 142 Å². The number of fused-ring (bicyclic) bond motifs is 1. The summed E-state index contributed by atoms with van der Waals surface area (Å²) in [5, 5.41) is 14.6. The normalized spacial score (nSPS) is 10.8. The molecule has 128 valence electrons. The van der Waals surface area contributed by atoms with E-state index < -0.39 is 22.1 Å². The van der Waals surface area contributed by atoms with Gasteiger partial charge in [-0.3, -0.25) is 10.1 Å². The maximum Gasteiger partial charge on any atom is 0.336 e. The number of anilines is 1. The van der Waals surface area contributed by atoms with Gasteiger partial charge in [-0.2, -0.15) is 4.39 Å². The lowest BCUT2D eigenvalue weighted by atomic mass is 10.0. The van der Waals surface area contributed by atoms with Crippen LogP contribution in [0.1, 0.15) is 16.7 Å². The number of benzene rings is 2. The second-order valence-electron chi connectivity index (χ2n) is 5.80. The lowest BCUT2D eigenvalue weighted by Crippen LogP contribution is -2.06. The first-order valence-corrected chi connectivity index (χ1v) is 7.57. The average Bonchev–Trinajstić information content (AvgIpc) is 2.55. The van der Waals surface area contributed by atoms with Gasteiger partial charge < -0.3 is 9.73 Å². The molecule has 0 saturated carbocycles. The molecule has 0 aliphatic carbocycles. The number of rotatable bonds is 4. The predicted molar refractivity (Wildman–Crippen MR) is 92.3 cm³/mol. The molecule has 0 saturated heterocycles. The lowest BCUT2D eigenvalue weighted by molar-refractivity contribution is -0.387. The Morgan fingerprint density at radius 1 is 1.16 bits per heavy atom. The highest BCUT2D eigenvalue weighted by Crippen LogP contribution is 2.24. The largest absolute Gasteiger partial charge is 0.423 e. The number of hydrogen-bond donors (Lipinski definition) is 1. The molecule has 1 aromatic heterocycles. The van der Waals surface area contributed by atoms with Gasteiger partial charge in [-0.1, -0.05) is 0 Å². The fourth-order valence-electron chi connectivity index (χ4n) is 2.59. The summed E-state index contributed by atoms with van der Waals surface area (Å²) in [7, 11) is 0. The molecule has 0 atom stereocenters. The van der Waals surface area contributed by atoms with E-state index in [2.05, 4.69) is 5.32 Å². The third kappa shape index (κ3) is 3.35. The number of aryl methyl sites for hydroxylation is 2. The van der Waals surface area contributed by atoms with Gasteiger partial charge in [-0.15, -0.1) is 0 Å². The SMILES string of the molecule is Cc1cc2oc(=O)cc(CNc3ccc(F)c([N+](=O)[O-])c3)c2cc1C. The van der Waals surface area contributed by atoms with E-state index in [4.69, 9.17) is 4.42 Å². The van der Waals surface area contributed by atoms with Crippen molar-refractivity contribution in [1.82, 2.24) is 0 Å². The Bertz CT molecular complexity index is 1040. The first-order chi connectivity index (χ1) is 11.8. The minimum absolute atomic E-state index is 0.243. The van der Waals surface area contributed by atoms with Gasteiger partial charge >= 0.3 is 11.3 Å². The van der Waals surface area contributed by atoms with Crippen LogP contribution in [-0.2, 0) is 6.54 Å². The molecule has 0 spiro atoms. The maximum atomic E-state index is 13.4. The lowest BCUT2D eigenvalue weighted by Gasteiger charge is -2.10. The number of hydrogen-bond acceptors (Lipinski definition) is 5. The second-order valence-corrected chi connectivity index (χ2v) is 5.80. The van der Waals surface area contributed by atoms with Gasteiger partial charge in [0.2, 0.25) is 5.82 Å². The summed E-state index contributed by atoms with van der Waals surface area (Å²) in [6.45, 7) is 4.13. The van der Waals surface area contributed by atoms with Crippen molar-refractivity contribution in [2.24, 2.45) is 0 Å². The minimum atomic E-state index is -0.896. The third-order valence-electron chi connectivity index (χ3n) is 4.07. The Balaban J connectivity index is 1.96. The first kappa shape index (κ1) is 16.6. The van der Waals surface area contributed by atoms with Crippen molar-refractivity contribution in [3.63, 3.8) is 0 Å². The quantitative estimate of drug-likeness (QED) is 0.439. The Morgan fingerprint density at radius 3 is 2.60 bits per heavy atom. The molecule has 0 radical (unpaired) electrons. The zero-order valence-electron chi connectivity index (χ0n) is 13.6. The number of nitro benzene ring substituents is 1. The van der Waals surface area contributed by atoms with Crippen LogP contribution in [0.25, 0.3) is 11.0 Å². The highest BCUT2D eigenvalue weighted by molar-refractivity contribution is 5.82. The van der Waals surface area contributed by atoms with Crippen LogP contribution in [0.3, 0.4) is 0 Å². The van der Waals surface area contributed by atoms with Crippen LogP contribution < -0.4 is 10.9 Å². The van der Waals surface area contributed by atoms with Crippen LogP contribution in [-0.4, -0.2) is 4.92 Å². The van der Waals surface area contributed by atoms with E-state index in [1.165, 1.54) is 12.1 Å². The van der Waals surface area contributed by atoms with Crippen molar-refractivity contribution in [2.45, 2.75) is 20.4 Å². The average molecular weight is 342 g/mol. The van der Waals surface area contributed by atoms with E-state index in [1.807, 2.05) is 19.9 Å². The summed E-state index contributed by atoms with van der Waals surface area (Å²) in [5.74, 6) is -0.896. The molecule has 0 unspecified atom stereocenters. The first-order valence-electron chi connectivity index (χ1n) is 7.57. The Morgan fingerprint density at radius 2 is 1.88 bits per heavy atom. The molecule has 3 rings (SSSR count). The number of nitrogens with zero attached hydrogens (tertiary/aromatic N) is 1. The molecule has 0 aliphatic rings. The summed E-state index contributed by atoms with van der Waals surface area (Å²) < 4.78 is 18.6. The number of nitrogens with one attached hydrogen (secondary N) is 1. The van der Waals surface area contributed by atoms with Crippen LogP contribution in [0, 0.1) is 29.8 Å². The summed E-state index contributed by atoms with van der Waals surface area (Å²) in [4.78, 5) is 21.8. The fraction of sp³-hybridized carbons (Fsp3) is 0.167. The van der Waals surface area contributed by atoms with E-state index >= 15 is 0 Å². The van der Waals surface area contributed by atoms with Crippen LogP contribution in [0.4, 0.5) is 15.8 Å². The molecule has 0 aliphatic heterocycles. The zero-order valence-corrected chi connectivity index (χ0v) is 13.6. The Kier molecular flexibility index (Phi) is 4.22. The fourth-order valence-corrected chi connectivity index (χ4v) is 2.59. The third-order valence-corrected chi connectivity index (χ3v) is 4.07. The molecule has 0 amide bonds. The van der Waals surface area contributed by atoms with Gasteiger partial charge in [0.1, 0.15) is 5.58 Å². The molecule has 6 nitrogen and oxygen atoms in total. The van der Waals surface area contributed by atoms with Crippen molar-refractivity contribution < 1.29 is 13.7 Å². The smallest absolute Gasteiger partial charge is 0.336 e. The topological polar surface area (TPSA) is 85.4 Å². The minimum Gasteiger partial charge on any atom is -0.423 e. The van der Waals surface area contributed by atoms with Gasteiger partial charge in [0.05, 0.1) is 4.92 Å². The van der Waals surface area contributed by atoms with Gasteiger partial charge in [-0.25, -0.2) is 4.79 Å². The van der Waals surface area contributed by atoms with Crippen molar-refractivity contribution >= 4 is 22.3 Å². The Hall–Kier alpha value is -3.22. The van der Waals surface area contributed by atoms with Gasteiger partial charge in [-0.05, 0) is 54.8 Å². The van der Waals surface area contributed by atoms with E-state index in [-0.39, 0.29) is 6.54 Å². The molecule has 1 N–H and O–H groups in total. The molecule has 0 bridgehead atoms. The number of nitro groups is 1. The summed E-state index contributed by atoms with van der Waals surface area (Å²) in [6.07, 6.45) is 0.